The summed E-state index contributed by atoms with van der Waals surface area (Å²) in [4.78, 5) is 41.4. The number of aromatic nitrogens is 2. The summed E-state index contributed by atoms with van der Waals surface area (Å²) in [6.07, 6.45) is 2.86. The number of aliphatic imine (C=N–C) groups is 1. The summed E-state index contributed by atoms with van der Waals surface area (Å²) < 4.78 is 29.7. The van der Waals surface area contributed by atoms with E-state index in [4.69, 9.17) is 28.2 Å². The molecule has 4 aromatic rings. The van der Waals surface area contributed by atoms with Gasteiger partial charge in [-0.05, 0) is 62.4 Å². The number of rotatable bonds is 6. The van der Waals surface area contributed by atoms with E-state index in [0.717, 1.165) is 0 Å². The van der Waals surface area contributed by atoms with Crippen molar-refractivity contribution in [1.29, 1.82) is 0 Å². The molecule has 0 spiro atoms. The molecule has 6 rings (SSSR count). The largest absolute Gasteiger partial charge is 0.358 e. The SMILES string of the molecule is CNC(=O)C1(NC)CCCN(C(=O)c2ccc(Nc3ncc4c(n3)-c3ccc(Cl)cc3C(c3c(F)cccc3F)=NC4)cc2Cl)C1. The fourth-order valence-electron chi connectivity index (χ4n) is 5.96. The molecule has 3 N–H and O–H groups in total. The van der Waals surface area contributed by atoms with Crippen molar-refractivity contribution in [2.45, 2.75) is 24.9 Å². The van der Waals surface area contributed by atoms with Gasteiger partial charge >= 0.3 is 0 Å². The molecule has 2 amide bonds. The van der Waals surface area contributed by atoms with Crippen molar-refractivity contribution in [2.24, 2.45) is 4.99 Å². The Morgan fingerprint density at radius 3 is 2.50 bits per heavy atom. The maximum Gasteiger partial charge on any atom is 0.255 e. The molecule has 1 atom stereocenters. The number of likely N-dealkylation sites (N-methyl/N-ethyl adjacent to an activating group) is 2. The van der Waals surface area contributed by atoms with Gasteiger partial charge in [-0.25, -0.2) is 18.7 Å². The minimum absolute atomic E-state index is 0.0823. The fourth-order valence-corrected chi connectivity index (χ4v) is 6.39. The Labute approximate surface area is 274 Å². The number of fused-ring (bicyclic) bond motifs is 3. The van der Waals surface area contributed by atoms with E-state index in [-0.39, 0.29) is 47.1 Å². The number of hydrogen-bond acceptors (Lipinski definition) is 7. The Bertz CT molecular complexity index is 1880. The average Bonchev–Trinajstić information content (AvgIpc) is 3.20. The maximum absolute atomic E-state index is 14.9. The van der Waals surface area contributed by atoms with Crippen LogP contribution >= 0.6 is 23.2 Å². The van der Waals surface area contributed by atoms with Gasteiger partial charge in [0.15, 0.2) is 0 Å². The van der Waals surface area contributed by atoms with Gasteiger partial charge in [-0.15, -0.1) is 0 Å². The van der Waals surface area contributed by atoms with Crippen LogP contribution in [-0.2, 0) is 11.3 Å². The van der Waals surface area contributed by atoms with E-state index in [1.807, 2.05) is 0 Å². The molecule has 1 unspecified atom stereocenters. The van der Waals surface area contributed by atoms with Crippen molar-refractivity contribution in [3.63, 3.8) is 0 Å². The van der Waals surface area contributed by atoms with Crippen molar-refractivity contribution >= 4 is 52.4 Å². The number of nitrogens with zero attached hydrogens (tertiary/aromatic N) is 4. The number of hydrogen-bond donors (Lipinski definition) is 3. The van der Waals surface area contributed by atoms with Crippen LogP contribution in [0, 0.1) is 11.6 Å². The number of amides is 2. The highest BCUT2D eigenvalue weighted by molar-refractivity contribution is 6.34. The minimum Gasteiger partial charge on any atom is -0.358 e. The van der Waals surface area contributed by atoms with Gasteiger partial charge in [0.05, 0.1) is 34.1 Å². The van der Waals surface area contributed by atoms with Crippen LogP contribution in [0.1, 0.15) is 39.9 Å². The molecule has 1 fully saturated rings. The van der Waals surface area contributed by atoms with Gasteiger partial charge < -0.3 is 20.9 Å². The van der Waals surface area contributed by atoms with Gasteiger partial charge in [0, 0.05) is 53.7 Å². The van der Waals surface area contributed by atoms with Gasteiger partial charge in [-0.2, -0.15) is 0 Å². The number of halogens is 4. The van der Waals surface area contributed by atoms with Crippen LogP contribution in [0.2, 0.25) is 10.0 Å². The molecule has 46 heavy (non-hydrogen) atoms. The van der Waals surface area contributed by atoms with Gasteiger partial charge in [0.25, 0.3) is 5.91 Å². The summed E-state index contributed by atoms with van der Waals surface area (Å²) in [7, 11) is 3.29. The van der Waals surface area contributed by atoms with Gasteiger partial charge in [0.1, 0.15) is 17.2 Å². The molecule has 2 aliphatic heterocycles. The highest BCUT2D eigenvalue weighted by Gasteiger charge is 2.42. The quantitative estimate of drug-likeness (QED) is 0.242. The first-order chi connectivity index (χ1) is 22.1. The van der Waals surface area contributed by atoms with E-state index in [9.17, 15) is 18.4 Å². The number of carbonyl (C=O) groups is 2. The lowest BCUT2D eigenvalue weighted by Crippen LogP contribution is -2.64. The summed E-state index contributed by atoms with van der Waals surface area (Å²) in [6, 6.07) is 13.6. The molecule has 2 aliphatic rings. The van der Waals surface area contributed by atoms with E-state index in [0.29, 0.717) is 58.0 Å². The van der Waals surface area contributed by atoms with Crippen molar-refractivity contribution in [2.75, 3.05) is 32.5 Å². The highest BCUT2D eigenvalue weighted by atomic mass is 35.5. The van der Waals surface area contributed by atoms with Crippen LogP contribution < -0.4 is 16.0 Å². The van der Waals surface area contributed by atoms with Crippen LogP contribution in [0.15, 0.2) is 65.8 Å². The number of anilines is 2. The Balaban J connectivity index is 1.27. The molecule has 3 heterocycles. The molecule has 0 aliphatic carbocycles. The van der Waals surface area contributed by atoms with Crippen molar-refractivity contribution in [3.05, 3.63) is 105 Å². The lowest BCUT2D eigenvalue weighted by atomic mass is 9.87. The molecule has 0 saturated carbocycles. The first-order valence-corrected chi connectivity index (χ1v) is 15.3. The van der Waals surface area contributed by atoms with Crippen LogP contribution in [0.5, 0.6) is 0 Å². The third-order valence-corrected chi connectivity index (χ3v) is 8.89. The maximum atomic E-state index is 14.9. The second kappa shape index (κ2) is 12.7. The standard InChI is InChI=1S/C33H29Cl2F2N7O2/c1-38-31(46)33(39-2)11-4-12-44(17-33)30(45)22-10-8-20(14-24(22)35)42-32-41-16-18-15-40-29(27-25(36)5-3-6-26(27)37)23-13-19(34)7-9-21(23)28(18)43-32/h3,5-10,13-14,16,39H,4,11-12,15,17H2,1-2H3,(H,38,46)(H,41,42,43). The van der Waals surface area contributed by atoms with E-state index < -0.39 is 17.2 Å². The molecule has 1 aromatic heterocycles. The molecule has 3 aromatic carbocycles. The Kier molecular flexibility index (Phi) is 8.73. The molecule has 1 saturated heterocycles. The molecular formula is C33H29Cl2F2N7O2. The number of benzene rings is 3. The molecule has 0 bridgehead atoms. The first-order valence-electron chi connectivity index (χ1n) is 14.6. The number of nitrogens with one attached hydrogen (secondary N) is 3. The Hall–Kier alpha value is -4.45. The number of piperidine rings is 1. The second-order valence-electron chi connectivity index (χ2n) is 11.1. The summed E-state index contributed by atoms with van der Waals surface area (Å²) in [6.45, 7) is 0.794. The normalized spacial score (nSPS) is 17.3. The smallest absolute Gasteiger partial charge is 0.255 e. The van der Waals surface area contributed by atoms with Crippen LogP contribution in [0.4, 0.5) is 20.4 Å². The molecule has 13 heteroatoms. The molecule has 236 valence electrons. The third-order valence-electron chi connectivity index (χ3n) is 8.34. The summed E-state index contributed by atoms with van der Waals surface area (Å²) in [5.41, 5.74) is 2.02. The van der Waals surface area contributed by atoms with Crippen LogP contribution in [0.25, 0.3) is 11.3 Å². The Morgan fingerprint density at radius 1 is 1.00 bits per heavy atom. The third kappa shape index (κ3) is 5.81. The van der Waals surface area contributed by atoms with E-state index in [1.54, 1.807) is 61.6 Å². The van der Waals surface area contributed by atoms with Crippen molar-refractivity contribution < 1.29 is 18.4 Å². The predicted octanol–water partition coefficient (Wildman–Crippen LogP) is 5.76. The van der Waals surface area contributed by atoms with Crippen LogP contribution in [-0.4, -0.2) is 65.1 Å². The van der Waals surface area contributed by atoms with Gasteiger partial charge in [-0.1, -0.05) is 35.3 Å². The zero-order valence-corrected chi connectivity index (χ0v) is 26.4. The molecular weight excluding hydrogens is 635 g/mol. The minimum atomic E-state index is -0.877. The van der Waals surface area contributed by atoms with Gasteiger partial charge in [-0.3, -0.25) is 14.6 Å². The molecule has 9 nitrogen and oxygen atoms in total. The molecule has 0 radical (unpaired) electrons. The number of carbonyl (C=O) groups excluding carboxylic acids is 2. The van der Waals surface area contributed by atoms with Crippen LogP contribution in [0.3, 0.4) is 0 Å². The average molecular weight is 665 g/mol. The topological polar surface area (TPSA) is 112 Å². The highest BCUT2D eigenvalue weighted by Crippen LogP contribution is 2.35. The lowest BCUT2D eigenvalue weighted by Gasteiger charge is -2.41. The van der Waals surface area contributed by atoms with Crippen molar-refractivity contribution in [3.8, 4) is 11.3 Å². The lowest BCUT2D eigenvalue weighted by molar-refractivity contribution is -0.128. The van der Waals surface area contributed by atoms with E-state index in [2.05, 4.69) is 25.9 Å². The fraction of sp³-hybridized carbons (Fsp3) is 0.242. The summed E-state index contributed by atoms with van der Waals surface area (Å²) in [5.74, 6) is -1.70. The Morgan fingerprint density at radius 2 is 1.78 bits per heavy atom. The van der Waals surface area contributed by atoms with Gasteiger partial charge in [0.2, 0.25) is 11.9 Å². The summed E-state index contributed by atoms with van der Waals surface area (Å²) in [5, 5.41) is 9.50. The first kappa shape index (κ1) is 31.5. The zero-order chi connectivity index (χ0) is 32.6. The van der Waals surface area contributed by atoms with Crippen molar-refractivity contribution in [1.82, 2.24) is 25.5 Å². The summed E-state index contributed by atoms with van der Waals surface area (Å²) >= 11 is 12.9. The predicted molar refractivity (Wildman–Crippen MR) is 174 cm³/mol. The zero-order valence-electron chi connectivity index (χ0n) is 24.9. The second-order valence-corrected chi connectivity index (χ2v) is 11.9. The van der Waals surface area contributed by atoms with E-state index >= 15 is 0 Å². The number of likely N-dealkylation sites (tertiary alicyclic amines) is 1. The van der Waals surface area contributed by atoms with E-state index in [1.165, 1.54) is 18.2 Å². The monoisotopic (exact) mass is 663 g/mol.